The van der Waals surface area contributed by atoms with Gasteiger partial charge in [0.1, 0.15) is 0 Å². The monoisotopic (exact) mass is 348 g/mol. The highest BCUT2D eigenvalue weighted by Crippen LogP contribution is 2.43. The number of carbonyl (C=O) groups excluding carboxylic acids is 1. The first-order chi connectivity index (χ1) is 12.0. The maximum Gasteiger partial charge on any atom is 0.171 e. The Balaban J connectivity index is 2.33. The minimum Gasteiger partial charge on any atom is -0.309 e. The summed E-state index contributed by atoms with van der Waals surface area (Å²) in [5.74, 6) is 0.0291. The van der Waals surface area contributed by atoms with Gasteiger partial charge in [0, 0.05) is 21.5 Å². The topological polar surface area (TPSA) is 34.1 Å². The van der Waals surface area contributed by atoms with Crippen LogP contribution in [0, 0.1) is 13.8 Å². The molecule has 0 amide bonds. The van der Waals surface area contributed by atoms with Crippen LogP contribution in [0.25, 0.3) is 0 Å². The first-order valence-electron chi connectivity index (χ1n) is 8.29. The molecule has 0 fully saturated rings. The second-order valence-corrected chi connectivity index (χ2v) is 8.95. The molecule has 0 saturated carbocycles. The minimum absolute atomic E-state index is 0.0291. The number of hydrogen-bond acceptors (Lipinski definition) is 2. The van der Waals surface area contributed by atoms with E-state index >= 15 is 0 Å². The van der Waals surface area contributed by atoms with Crippen molar-refractivity contribution in [1.82, 2.24) is 0 Å². The Bertz CT molecular complexity index is 917. The molecule has 3 aromatic rings. The third-order valence-electron chi connectivity index (χ3n) is 4.72. The highest BCUT2D eigenvalue weighted by atomic mass is 31.2. The molecule has 0 saturated heterocycles. The van der Waals surface area contributed by atoms with Crippen molar-refractivity contribution < 1.29 is 9.36 Å². The SMILES string of the molecule is CC(=O)c1ccc(P(=O)(c2ccccc2)c2ccccc2)c(C)c1C. The van der Waals surface area contributed by atoms with Gasteiger partial charge in [-0.3, -0.25) is 4.79 Å². The number of carbonyl (C=O) groups is 1. The summed E-state index contributed by atoms with van der Waals surface area (Å²) in [6.07, 6.45) is 0. The van der Waals surface area contributed by atoms with Gasteiger partial charge in [-0.1, -0.05) is 66.7 Å². The van der Waals surface area contributed by atoms with Crippen molar-refractivity contribution >= 4 is 28.8 Å². The molecule has 0 aliphatic heterocycles. The number of ketones is 1. The molecule has 2 nitrogen and oxygen atoms in total. The summed E-state index contributed by atoms with van der Waals surface area (Å²) in [5, 5.41) is 2.41. The van der Waals surface area contributed by atoms with E-state index in [1.807, 2.05) is 80.6 Å². The highest BCUT2D eigenvalue weighted by Gasteiger charge is 2.31. The van der Waals surface area contributed by atoms with E-state index in [4.69, 9.17) is 0 Å². The molecule has 126 valence electrons. The Labute approximate surface area is 148 Å². The van der Waals surface area contributed by atoms with E-state index in [0.717, 1.165) is 27.0 Å². The molecule has 0 atom stereocenters. The van der Waals surface area contributed by atoms with Crippen LogP contribution in [0.3, 0.4) is 0 Å². The van der Waals surface area contributed by atoms with Crippen molar-refractivity contribution in [2.45, 2.75) is 20.8 Å². The van der Waals surface area contributed by atoms with Gasteiger partial charge in [-0.05, 0) is 38.0 Å². The Morgan fingerprint density at radius 2 is 1.20 bits per heavy atom. The molecule has 3 heteroatoms. The standard InChI is InChI=1S/C22H21O2P/c1-16-17(2)22(15-14-21(16)18(3)23)25(24,19-10-6-4-7-11-19)20-12-8-5-9-13-20/h4-15H,1-3H3. The van der Waals surface area contributed by atoms with E-state index in [-0.39, 0.29) is 5.78 Å². The van der Waals surface area contributed by atoms with Gasteiger partial charge in [0.05, 0.1) is 0 Å². The summed E-state index contributed by atoms with van der Waals surface area (Å²) in [6, 6.07) is 22.8. The molecule has 0 N–H and O–H groups in total. The average Bonchev–Trinajstić information content (AvgIpc) is 2.64. The third-order valence-corrected chi connectivity index (χ3v) is 7.93. The first kappa shape index (κ1) is 17.4. The van der Waals surface area contributed by atoms with Gasteiger partial charge in [0.15, 0.2) is 12.9 Å². The van der Waals surface area contributed by atoms with Crippen LogP contribution in [0.15, 0.2) is 72.8 Å². The molecule has 3 rings (SSSR count). The van der Waals surface area contributed by atoms with Crippen LogP contribution in [0.5, 0.6) is 0 Å². The Morgan fingerprint density at radius 1 is 0.720 bits per heavy atom. The molecular weight excluding hydrogens is 327 g/mol. The number of Topliss-reactive ketones (excluding diaryl/α,β-unsaturated/α-hetero) is 1. The van der Waals surface area contributed by atoms with E-state index in [2.05, 4.69) is 0 Å². The van der Waals surface area contributed by atoms with Gasteiger partial charge >= 0.3 is 0 Å². The lowest BCUT2D eigenvalue weighted by atomic mass is 10.0. The zero-order chi connectivity index (χ0) is 18.0. The van der Waals surface area contributed by atoms with Gasteiger partial charge in [-0.15, -0.1) is 0 Å². The zero-order valence-corrected chi connectivity index (χ0v) is 15.6. The van der Waals surface area contributed by atoms with E-state index in [1.54, 1.807) is 13.0 Å². The number of benzene rings is 3. The first-order valence-corrected chi connectivity index (χ1v) is 10.00. The summed E-state index contributed by atoms with van der Waals surface area (Å²) in [6.45, 7) is 5.45. The third kappa shape index (κ3) is 2.99. The largest absolute Gasteiger partial charge is 0.309 e. The van der Waals surface area contributed by atoms with Crippen LogP contribution in [0.1, 0.15) is 28.4 Å². The normalized spacial score (nSPS) is 11.3. The van der Waals surface area contributed by atoms with Crippen LogP contribution >= 0.6 is 7.14 Å². The summed E-state index contributed by atoms with van der Waals surface area (Å²) >= 11 is 0. The molecule has 3 aromatic carbocycles. The lowest BCUT2D eigenvalue weighted by Gasteiger charge is -2.23. The van der Waals surface area contributed by atoms with Crippen LogP contribution < -0.4 is 15.9 Å². The van der Waals surface area contributed by atoms with Crippen molar-refractivity contribution in [3.05, 3.63) is 89.5 Å². The molecular formula is C22H21O2P. The minimum atomic E-state index is -3.00. The predicted octanol–water partition coefficient (Wildman–Crippen LogP) is 4.15. The predicted molar refractivity (Wildman–Crippen MR) is 105 cm³/mol. The van der Waals surface area contributed by atoms with Crippen molar-refractivity contribution in [2.75, 3.05) is 0 Å². The van der Waals surface area contributed by atoms with Crippen molar-refractivity contribution in [2.24, 2.45) is 0 Å². The number of hydrogen-bond donors (Lipinski definition) is 0. The van der Waals surface area contributed by atoms with E-state index < -0.39 is 7.14 Å². The second kappa shape index (κ2) is 6.82. The maximum absolute atomic E-state index is 14.4. The van der Waals surface area contributed by atoms with E-state index in [9.17, 15) is 9.36 Å². The van der Waals surface area contributed by atoms with Crippen LogP contribution in [0.2, 0.25) is 0 Å². The van der Waals surface area contributed by atoms with Crippen molar-refractivity contribution in [3.8, 4) is 0 Å². The zero-order valence-electron chi connectivity index (χ0n) is 14.7. The van der Waals surface area contributed by atoms with Gasteiger partial charge in [0.2, 0.25) is 0 Å². The van der Waals surface area contributed by atoms with Crippen molar-refractivity contribution in [3.63, 3.8) is 0 Å². The summed E-state index contributed by atoms with van der Waals surface area (Å²) in [4.78, 5) is 11.9. The molecule has 0 bridgehead atoms. The Kier molecular flexibility index (Phi) is 4.74. The molecule has 0 radical (unpaired) electrons. The lowest BCUT2D eigenvalue weighted by Crippen LogP contribution is -2.27. The van der Waals surface area contributed by atoms with Crippen LogP contribution in [0.4, 0.5) is 0 Å². The van der Waals surface area contributed by atoms with Crippen molar-refractivity contribution in [1.29, 1.82) is 0 Å². The average molecular weight is 348 g/mol. The van der Waals surface area contributed by atoms with Gasteiger partial charge in [-0.25, -0.2) is 0 Å². The molecule has 0 spiro atoms. The molecule has 0 heterocycles. The van der Waals surface area contributed by atoms with Gasteiger partial charge < -0.3 is 4.57 Å². The van der Waals surface area contributed by atoms with Crippen LogP contribution in [-0.4, -0.2) is 5.78 Å². The summed E-state index contributed by atoms with van der Waals surface area (Å²) in [7, 11) is -3.00. The van der Waals surface area contributed by atoms with Crippen LogP contribution in [-0.2, 0) is 4.57 Å². The van der Waals surface area contributed by atoms with Gasteiger partial charge in [0.25, 0.3) is 0 Å². The molecule has 25 heavy (non-hydrogen) atoms. The summed E-state index contributed by atoms with van der Waals surface area (Å²) < 4.78 is 14.4. The molecule has 0 aliphatic rings. The quantitative estimate of drug-likeness (QED) is 0.524. The van der Waals surface area contributed by atoms with E-state index in [0.29, 0.717) is 5.56 Å². The lowest BCUT2D eigenvalue weighted by molar-refractivity contribution is 0.101. The Morgan fingerprint density at radius 3 is 1.64 bits per heavy atom. The molecule has 0 aromatic heterocycles. The van der Waals surface area contributed by atoms with E-state index in [1.165, 1.54) is 0 Å². The molecule has 0 aliphatic carbocycles. The Hall–Kier alpha value is -2.44. The molecule has 0 unspecified atom stereocenters. The highest BCUT2D eigenvalue weighted by molar-refractivity contribution is 7.85. The second-order valence-electron chi connectivity index (χ2n) is 6.22. The summed E-state index contributed by atoms with van der Waals surface area (Å²) in [5.41, 5.74) is 2.51. The fraction of sp³-hybridized carbons (Fsp3) is 0.136. The van der Waals surface area contributed by atoms with Gasteiger partial charge in [-0.2, -0.15) is 0 Å². The number of rotatable bonds is 4. The maximum atomic E-state index is 14.4. The smallest absolute Gasteiger partial charge is 0.171 e. The fourth-order valence-corrected chi connectivity index (χ4v) is 6.19. The fourth-order valence-electron chi connectivity index (χ4n) is 3.23.